The van der Waals surface area contributed by atoms with Crippen molar-refractivity contribution in [3.63, 3.8) is 0 Å². The van der Waals surface area contributed by atoms with E-state index in [1.54, 1.807) is 6.33 Å². The van der Waals surface area contributed by atoms with Crippen LogP contribution in [0.1, 0.15) is 54.2 Å². The Morgan fingerprint density at radius 2 is 1.80 bits per heavy atom. The topological polar surface area (TPSA) is 71.5 Å². The maximum absolute atomic E-state index is 6.47. The van der Waals surface area contributed by atoms with E-state index in [0.29, 0.717) is 18.4 Å². The van der Waals surface area contributed by atoms with Gasteiger partial charge in [-0.3, -0.25) is 0 Å². The van der Waals surface area contributed by atoms with Gasteiger partial charge < -0.3 is 25.0 Å². The van der Waals surface area contributed by atoms with Gasteiger partial charge in [0.25, 0.3) is 0 Å². The molecule has 0 amide bonds. The van der Waals surface area contributed by atoms with Crippen LogP contribution in [0, 0.1) is 0 Å². The molecule has 0 bridgehead atoms. The molecule has 4 heterocycles. The van der Waals surface area contributed by atoms with Crippen LogP contribution >= 0.6 is 0 Å². The van der Waals surface area contributed by atoms with Crippen LogP contribution in [0.25, 0.3) is 0 Å². The number of nitrogens with one attached hydrogen (secondary N) is 2. The SMILES string of the molecule is c1nc2c(c(N3CCOCC3)n1)COc1c(cc(C3CCNCC3)cc1C1CC1)N2. The molecule has 1 aromatic carbocycles. The van der Waals surface area contributed by atoms with E-state index in [1.165, 1.54) is 36.8 Å². The molecule has 1 saturated carbocycles. The lowest BCUT2D eigenvalue weighted by Gasteiger charge is -2.29. The van der Waals surface area contributed by atoms with Crippen molar-refractivity contribution in [2.75, 3.05) is 49.6 Å². The number of piperidine rings is 1. The summed E-state index contributed by atoms with van der Waals surface area (Å²) in [6.45, 7) is 5.87. The molecule has 0 spiro atoms. The summed E-state index contributed by atoms with van der Waals surface area (Å²) in [6.07, 6.45) is 6.59. The van der Waals surface area contributed by atoms with Gasteiger partial charge in [0.05, 0.1) is 24.5 Å². The Hall–Kier alpha value is -2.38. The number of hydrogen-bond donors (Lipinski definition) is 2. The van der Waals surface area contributed by atoms with Crippen molar-refractivity contribution in [2.45, 2.75) is 44.1 Å². The third kappa shape index (κ3) is 3.40. The number of nitrogens with zero attached hydrogens (tertiary/aromatic N) is 3. The highest BCUT2D eigenvalue weighted by Gasteiger charge is 2.32. The predicted molar refractivity (Wildman–Crippen MR) is 116 cm³/mol. The van der Waals surface area contributed by atoms with Gasteiger partial charge in [-0.25, -0.2) is 9.97 Å². The number of anilines is 3. The fraction of sp³-hybridized carbons (Fsp3) is 0.565. The summed E-state index contributed by atoms with van der Waals surface area (Å²) in [5, 5.41) is 7.12. The highest BCUT2D eigenvalue weighted by Crippen LogP contribution is 2.50. The second-order valence-corrected chi connectivity index (χ2v) is 8.82. The molecular weight excluding hydrogens is 378 g/mol. The zero-order valence-electron chi connectivity index (χ0n) is 17.3. The molecule has 0 unspecified atom stereocenters. The minimum Gasteiger partial charge on any atom is -0.486 e. The standard InChI is InChI=1S/C23H29N5O2/c1-2-16(1)18-11-17(15-3-5-24-6-4-15)12-20-21(18)30-13-19-22(27-20)25-14-26-23(19)28-7-9-29-10-8-28/h11-12,14-16,24H,1-10,13H2,(H,25,26,27). The van der Waals surface area contributed by atoms with E-state index in [9.17, 15) is 0 Å². The van der Waals surface area contributed by atoms with Crippen molar-refractivity contribution in [3.8, 4) is 5.75 Å². The molecule has 1 aromatic heterocycles. The smallest absolute Gasteiger partial charge is 0.146 e. The Kier molecular flexibility index (Phi) is 4.72. The molecule has 3 aliphatic heterocycles. The van der Waals surface area contributed by atoms with Gasteiger partial charge in [-0.15, -0.1) is 0 Å². The molecule has 158 valence electrons. The molecule has 6 rings (SSSR count). The van der Waals surface area contributed by atoms with Crippen LogP contribution in [0.2, 0.25) is 0 Å². The van der Waals surface area contributed by atoms with Gasteiger partial charge in [-0.05, 0) is 67.8 Å². The van der Waals surface area contributed by atoms with Gasteiger partial charge in [-0.2, -0.15) is 0 Å². The van der Waals surface area contributed by atoms with Crippen molar-refractivity contribution >= 4 is 17.3 Å². The van der Waals surface area contributed by atoms with Crippen LogP contribution in [0.4, 0.5) is 17.3 Å². The average molecular weight is 408 g/mol. The van der Waals surface area contributed by atoms with Crippen molar-refractivity contribution in [2.24, 2.45) is 0 Å². The molecule has 2 N–H and O–H groups in total. The van der Waals surface area contributed by atoms with Crippen molar-refractivity contribution in [1.82, 2.24) is 15.3 Å². The minimum absolute atomic E-state index is 0.495. The lowest BCUT2D eigenvalue weighted by molar-refractivity contribution is 0.122. The van der Waals surface area contributed by atoms with Crippen LogP contribution < -0.4 is 20.3 Å². The minimum atomic E-state index is 0.495. The summed E-state index contributed by atoms with van der Waals surface area (Å²) in [5.74, 6) is 4.10. The molecule has 1 aliphatic carbocycles. The molecule has 7 heteroatoms. The number of morpholine rings is 1. The van der Waals surface area contributed by atoms with Gasteiger partial charge in [0.2, 0.25) is 0 Å². The second kappa shape index (κ2) is 7.71. The number of fused-ring (bicyclic) bond motifs is 2. The molecule has 0 atom stereocenters. The van der Waals surface area contributed by atoms with Gasteiger partial charge in [0.1, 0.15) is 30.3 Å². The first-order valence-electron chi connectivity index (χ1n) is 11.3. The second-order valence-electron chi connectivity index (χ2n) is 8.82. The zero-order chi connectivity index (χ0) is 19.9. The van der Waals surface area contributed by atoms with Gasteiger partial charge in [-0.1, -0.05) is 6.07 Å². The Balaban J connectivity index is 1.38. The van der Waals surface area contributed by atoms with Crippen molar-refractivity contribution in [3.05, 3.63) is 35.2 Å². The van der Waals surface area contributed by atoms with E-state index in [0.717, 1.165) is 68.0 Å². The predicted octanol–water partition coefficient (Wildman–Crippen LogP) is 3.29. The third-order valence-electron chi connectivity index (χ3n) is 6.81. The fourth-order valence-corrected chi connectivity index (χ4v) is 4.98. The van der Waals surface area contributed by atoms with E-state index < -0.39 is 0 Å². The monoisotopic (exact) mass is 407 g/mol. The van der Waals surface area contributed by atoms with Gasteiger partial charge in [0, 0.05) is 13.1 Å². The lowest BCUT2D eigenvalue weighted by atomic mass is 9.88. The highest BCUT2D eigenvalue weighted by atomic mass is 16.5. The highest BCUT2D eigenvalue weighted by molar-refractivity contribution is 5.74. The summed E-state index contributed by atoms with van der Waals surface area (Å²) < 4.78 is 12.0. The Morgan fingerprint density at radius 3 is 2.60 bits per heavy atom. The lowest BCUT2D eigenvalue weighted by Crippen LogP contribution is -2.37. The maximum atomic E-state index is 6.47. The molecular formula is C23H29N5O2. The molecule has 3 fully saturated rings. The molecule has 2 saturated heterocycles. The maximum Gasteiger partial charge on any atom is 0.146 e. The summed E-state index contributed by atoms with van der Waals surface area (Å²) in [6, 6.07) is 4.74. The zero-order valence-corrected chi connectivity index (χ0v) is 17.3. The summed E-state index contributed by atoms with van der Waals surface area (Å²) in [4.78, 5) is 11.5. The van der Waals surface area contributed by atoms with Crippen molar-refractivity contribution < 1.29 is 9.47 Å². The Labute approximate surface area is 177 Å². The van der Waals surface area contributed by atoms with Crippen LogP contribution in [-0.2, 0) is 11.3 Å². The normalized spacial score (nSPS) is 21.8. The summed E-state index contributed by atoms with van der Waals surface area (Å²) in [7, 11) is 0. The van der Waals surface area contributed by atoms with Gasteiger partial charge >= 0.3 is 0 Å². The fourth-order valence-electron chi connectivity index (χ4n) is 4.98. The largest absolute Gasteiger partial charge is 0.486 e. The van der Waals surface area contributed by atoms with E-state index >= 15 is 0 Å². The quantitative estimate of drug-likeness (QED) is 0.809. The Bertz CT molecular complexity index is 933. The van der Waals surface area contributed by atoms with Crippen LogP contribution in [0.15, 0.2) is 18.5 Å². The summed E-state index contributed by atoms with van der Waals surface area (Å²) in [5.41, 5.74) is 4.93. The third-order valence-corrected chi connectivity index (χ3v) is 6.81. The van der Waals surface area contributed by atoms with Crippen molar-refractivity contribution in [1.29, 1.82) is 0 Å². The molecule has 4 aliphatic rings. The number of benzene rings is 1. The summed E-state index contributed by atoms with van der Waals surface area (Å²) >= 11 is 0. The first-order valence-corrected chi connectivity index (χ1v) is 11.3. The average Bonchev–Trinajstić information content (AvgIpc) is 3.66. The van der Waals surface area contributed by atoms with E-state index in [-0.39, 0.29) is 0 Å². The first kappa shape index (κ1) is 18.4. The van der Waals surface area contributed by atoms with Crippen LogP contribution in [0.5, 0.6) is 5.75 Å². The number of hydrogen-bond acceptors (Lipinski definition) is 7. The molecule has 2 aromatic rings. The number of ether oxygens (including phenoxy) is 2. The Morgan fingerprint density at radius 1 is 0.967 bits per heavy atom. The molecule has 7 nitrogen and oxygen atoms in total. The van der Waals surface area contributed by atoms with Crippen LogP contribution in [0.3, 0.4) is 0 Å². The van der Waals surface area contributed by atoms with E-state index in [4.69, 9.17) is 9.47 Å². The number of aromatic nitrogens is 2. The van der Waals surface area contributed by atoms with Crippen LogP contribution in [-0.4, -0.2) is 49.4 Å². The first-order chi connectivity index (χ1) is 14.9. The van der Waals surface area contributed by atoms with E-state index in [1.807, 2.05) is 0 Å². The van der Waals surface area contributed by atoms with Gasteiger partial charge in [0.15, 0.2) is 0 Å². The number of rotatable bonds is 3. The molecule has 30 heavy (non-hydrogen) atoms. The van der Waals surface area contributed by atoms with E-state index in [2.05, 4.69) is 37.6 Å². The molecule has 0 radical (unpaired) electrons.